The Balaban J connectivity index is 1.19. The van der Waals surface area contributed by atoms with Crippen LogP contribution in [0, 0.1) is 0 Å². The molecule has 8 aromatic carbocycles. The van der Waals surface area contributed by atoms with Crippen LogP contribution in [0.15, 0.2) is 182 Å². The molecule has 2 heterocycles. The fraction of sp³-hybridized carbons (Fsp3) is 0. The van der Waals surface area contributed by atoms with E-state index in [0.29, 0.717) is 0 Å². The van der Waals surface area contributed by atoms with E-state index in [0.717, 1.165) is 5.69 Å². The maximum absolute atomic E-state index is 2.44. The molecule has 0 bridgehead atoms. The molecule has 0 aliphatic rings. The van der Waals surface area contributed by atoms with E-state index in [-0.39, 0.29) is 0 Å². The van der Waals surface area contributed by atoms with Crippen LogP contribution >= 0.6 is 0 Å². The molecular weight excluding hydrogens is 581 g/mol. The summed E-state index contributed by atoms with van der Waals surface area (Å²) >= 11 is 0. The first-order chi connectivity index (χ1) is 23.8. The molecule has 10 aromatic rings. The molecule has 0 aliphatic carbocycles. The summed E-state index contributed by atoms with van der Waals surface area (Å²) in [4.78, 5) is 0. The number of benzene rings is 8. The molecule has 10 rings (SSSR count). The SMILES string of the molecule is c1ccc(-c2ccc(-c3cccc(-n4c5ccccc5c5cc6c(cc54)c4ccccc4n6-c4ccc5ccccc5c4)c3)cc2)cc1. The van der Waals surface area contributed by atoms with Crippen LogP contribution in [0.3, 0.4) is 0 Å². The van der Waals surface area contributed by atoms with Gasteiger partial charge in [0.2, 0.25) is 0 Å². The first-order valence-electron chi connectivity index (χ1n) is 16.5. The molecule has 0 saturated heterocycles. The lowest BCUT2D eigenvalue weighted by Crippen LogP contribution is -1.95. The van der Waals surface area contributed by atoms with Gasteiger partial charge in [-0.25, -0.2) is 0 Å². The van der Waals surface area contributed by atoms with Crippen molar-refractivity contribution in [3.05, 3.63) is 182 Å². The lowest BCUT2D eigenvalue weighted by Gasteiger charge is -2.12. The maximum atomic E-state index is 2.44. The minimum Gasteiger partial charge on any atom is -0.309 e. The van der Waals surface area contributed by atoms with Gasteiger partial charge in [-0.15, -0.1) is 0 Å². The third-order valence-electron chi connectivity index (χ3n) is 9.89. The van der Waals surface area contributed by atoms with Crippen LogP contribution in [0.1, 0.15) is 0 Å². The molecule has 0 unspecified atom stereocenters. The molecule has 0 spiro atoms. The van der Waals surface area contributed by atoms with Gasteiger partial charge >= 0.3 is 0 Å². The zero-order valence-corrected chi connectivity index (χ0v) is 26.2. The van der Waals surface area contributed by atoms with Gasteiger partial charge in [0, 0.05) is 32.9 Å². The first kappa shape index (κ1) is 26.8. The molecular formula is C46H30N2. The van der Waals surface area contributed by atoms with Crippen molar-refractivity contribution in [3.8, 4) is 33.6 Å². The lowest BCUT2D eigenvalue weighted by atomic mass is 10.00. The van der Waals surface area contributed by atoms with Crippen molar-refractivity contribution >= 4 is 54.4 Å². The van der Waals surface area contributed by atoms with Gasteiger partial charge in [-0.3, -0.25) is 0 Å². The highest BCUT2D eigenvalue weighted by atomic mass is 15.0. The molecule has 0 radical (unpaired) electrons. The average molecular weight is 611 g/mol. The van der Waals surface area contributed by atoms with Gasteiger partial charge in [0.05, 0.1) is 22.1 Å². The second-order valence-corrected chi connectivity index (χ2v) is 12.6. The number of aromatic nitrogens is 2. The first-order valence-corrected chi connectivity index (χ1v) is 16.5. The van der Waals surface area contributed by atoms with Gasteiger partial charge in [-0.2, -0.15) is 0 Å². The topological polar surface area (TPSA) is 9.86 Å². The molecule has 0 amide bonds. The molecule has 0 saturated carbocycles. The monoisotopic (exact) mass is 610 g/mol. The number of hydrogen-bond acceptors (Lipinski definition) is 0. The maximum Gasteiger partial charge on any atom is 0.0548 e. The van der Waals surface area contributed by atoms with Gasteiger partial charge in [-0.1, -0.05) is 133 Å². The Morgan fingerprint density at radius 1 is 0.250 bits per heavy atom. The van der Waals surface area contributed by atoms with Crippen LogP contribution < -0.4 is 0 Å². The van der Waals surface area contributed by atoms with Gasteiger partial charge in [0.15, 0.2) is 0 Å². The van der Waals surface area contributed by atoms with Crippen LogP contribution in [-0.4, -0.2) is 9.13 Å². The summed E-state index contributed by atoms with van der Waals surface area (Å²) in [5, 5.41) is 7.51. The fourth-order valence-electron chi connectivity index (χ4n) is 7.61. The Morgan fingerprint density at radius 3 is 1.42 bits per heavy atom. The van der Waals surface area contributed by atoms with Crippen molar-refractivity contribution in [2.45, 2.75) is 0 Å². The molecule has 0 aliphatic heterocycles. The van der Waals surface area contributed by atoms with E-state index in [1.54, 1.807) is 0 Å². The van der Waals surface area contributed by atoms with E-state index in [4.69, 9.17) is 0 Å². The Kier molecular flexibility index (Phi) is 5.91. The number of nitrogens with zero attached hydrogens (tertiary/aromatic N) is 2. The summed E-state index contributed by atoms with van der Waals surface area (Å²) < 4.78 is 4.87. The van der Waals surface area contributed by atoms with Crippen molar-refractivity contribution in [2.24, 2.45) is 0 Å². The molecule has 0 atom stereocenters. The van der Waals surface area contributed by atoms with E-state index < -0.39 is 0 Å². The zero-order valence-electron chi connectivity index (χ0n) is 26.2. The second kappa shape index (κ2) is 10.6. The predicted molar refractivity (Wildman–Crippen MR) is 203 cm³/mol. The van der Waals surface area contributed by atoms with Gasteiger partial charge in [0.1, 0.15) is 0 Å². The van der Waals surface area contributed by atoms with E-state index in [1.165, 1.54) is 82.3 Å². The largest absolute Gasteiger partial charge is 0.309 e. The van der Waals surface area contributed by atoms with Gasteiger partial charge < -0.3 is 9.13 Å². The third kappa shape index (κ3) is 4.13. The number of rotatable bonds is 4. The number of para-hydroxylation sites is 2. The molecule has 0 N–H and O–H groups in total. The summed E-state index contributed by atoms with van der Waals surface area (Å²) in [6.07, 6.45) is 0. The van der Waals surface area contributed by atoms with Crippen molar-refractivity contribution in [2.75, 3.05) is 0 Å². The van der Waals surface area contributed by atoms with Crippen LogP contribution in [0.25, 0.3) is 88.0 Å². The van der Waals surface area contributed by atoms with E-state index in [2.05, 4.69) is 191 Å². The van der Waals surface area contributed by atoms with Crippen LogP contribution in [-0.2, 0) is 0 Å². The van der Waals surface area contributed by atoms with E-state index in [1.807, 2.05) is 0 Å². The molecule has 48 heavy (non-hydrogen) atoms. The summed E-state index contributed by atoms with van der Waals surface area (Å²) in [6, 6.07) is 66.2. The standard InChI is InChI=1S/C46H30N2/c1-2-11-31(12-3-1)33-21-23-34(24-22-33)36-15-10-16-37(27-36)47-43-19-8-6-17-39(43)41-30-46-42(29-45(41)47)40-18-7-9-20-44(40)48(46)38-26-25-32-13-4-5-14-35(32)28-38/h1-30H. The van der Waals surface area contributed by atoms with E-state index >= 15 is 0 Å². The average Bonchev–Trinajstić information content (AvgIpc) is 3.66. The van der Waals surface area contributed by atoms with Crippen LogP contribution in [0.5, 0.6) is 0 Å². The number of fused-ring (bicyclic) bond motifs is 7. The highest BCUT2D eigenvalue weighted by Crippen LogP contribution is 2.40. The van der Waals surface area contributed by atoms with Crippen molar-refractivity contribution in [1.82, 2.24) is 9.13 Å². The fourth-order valence-corrected chi connectivity index (χ4v) is 7.61. The second-order valence-electron chi connectivity index (χ2n) is 12.6. The Bertz CT molecular complexity index is 2820. The van der Waals surface area contributed by atoms with Gasteiger partial charge in [0.25, 0.3) is 0 Å². The number of hydrogen-bond donors (Lipinski definition) is 0. The Hall–Kier alpha value is -6.38. The molecule has 2 aromatic heterocycles. The summed E-state index contributed by atoms with van der Waals surface area (Å²) in [5.41, 5.74) is 12.0. The van der Waals surface area contributed by atoms with Crippen LogP contribution in [0.4, 0.5) is 0 Å². The van der Waals surface area contributed by atoms with E-state index in [9.17, 15) is 0 Å². The molecule has 0 fully saturated rings. The van der Waals surface area contributed by atoms with Gasteiger partial charge in [-0.05, 0) is 81.6 Å². The highest BCUT2D eigenvalue weighted by molar-refractivity contribution is 6.19. The summed E-state index contributed by atoms with van der Waals surface area (Å²) in [5.74, 6) is 0. The summed E-state index contributed by atoms with van der Waals surface area (Å²) in [6.45, 7) is 0. The van der Waals surface area contributed by atoms with Crippen molar-refractivity contribution < 1.29 is 0 Å². The normalized spacial score (nSPS) is 11.8. The molecule has 2 heteroatoms. The summed E-state index contributed by atoms with van der Waals surface area (Å²) in [7, 11) is 0. The Labute approximate surface area is 278 Å². The zero-order chi connectivity index (χ0) is 31.6. The quantitative estimate of drug-likeness (QED) is 0.188. The third-order valence-corrected chi connectivity index (χ3v) is 9.89. The minimum atomic E-state index is 1.16. The predicted octanol–water partition coefficient (Wildman–Crippen LogP) is 12.4. The Morgan fingerprint density at radius 2 is 0.750 bits per heavy atom. The van der Waals surface area contributed by atoms with Crippen molar-refractivity contribution in [1.29, 1.82) is 0 Å². The van der Waals surface area contributed by atoms with Crippen molar-refractivity contribution in [3.63, 3.8) is 0 Å². The highest BCUT2D eigenvalue weighted by Gasteiger charge is 2.18. The van der Waals surface area contributed by atoms with Crippen LogP contribution in [0.2, 0.25) is 0 Å². The molecule has 224 valence electrons. The lowest BCUT2D eigenvalue weighted by molar-refractivity contribution is 1.18. The molecule has 2 nitrogen and oxygen atoms in total. The smallest absolute Gasteiger partial charge is 0.0548 e. The minimum absolute atomic E-state index is 1.16.